The van der Waals surface area contributed by atoms with Gasteiger partial charge in [0, 0.05) is 0 Å². The zero-order valence-electron chi connectivity index (χ0n) is 9.83. The molecule has 0 saturated heterocycles. The van der Waals surface area contributed by atoms with Crippen LogP contribution in [0.4, 0.5) is 0 Å². The molecule has 0 aromatic heterocycles. The first-order valence-corrected chi connectivity index (χ1v) is 12.1. The molecule has 0 spiro atoms. The van der Waals surface area contributed by atoms with Gasteiger partial charge in [-0.15, -0.1) is 0 Å². The van der Waals surface area contributed by atoms with Crippen LogP contribution in [-0.4, -0.2) is 0 Å². The summed E-state index contributed by atoms with van der Waals surface area (Å²) < 4.78 is 5.64. The van der Waals surface area contributed by atoms with Crippen LogP contribution in [0.25, 0.3) is 0 Å². The van der Waals surface area contributed by atoms with Gasteiger partial charge in [-0.25, -0.2) is 0 Å². The molecule has 0 N–H and O–H groups in total. The molecule has 0 fully saturated rings. The van der Waals surface area contributed by atoms with Crippen LogP contribution in [0.15, 0.2) is 25.4 Å². The van der Waals surface area contributed by atoms with E-state index in [4.69, 9.17) is 0 Å². The monoisotopic (exact) mass is 367 g/mol. The summed E-state index contributed by atoms with van der Waals surface area (Å²) in [6, 6.07) is 0. The Balaban J connectivity index is 4.89. The van der Waals surface area contributed by atoms with Crippen molar-refractivity contribution in [1.82, 2.24) is 0 Å². The van der Waals surface area contributed by atoms with E-state index in [0.29, 0.717) is 0 Å². The fourth-order valence-electron chi connectivity index (χ4n) is 1.33. The predicted octanol–water partition coefficient (Wildman–Crippen LogP) is 4.57. The molecule has 0 amide bonds. The van der Waals surface area contributed by atoms with Gasteiger partial charge in [-0.2, -0.15) is 0 Å². The summed E-state index contributed by atoms with van der Waals surface area (Å²) >= 11 is -2.72. The number of rotatable bonds is 5. The molecule has 0 unspecified atom stereocenters. The van der Waals surface area contributed by atoms with Gasteiger partial charge in [0.05, 0.1) is 0 Å². The Hall–Kier alpha value is -0.232. The third kappa shape index (κ3) is 4.32. The van der Waals surface area contributed by atoms with Gasteiger partial charge < -0.3 is 0 Å². The van der Waals surface area contributed by atoms with E-state index in [-0.39, 0.29) is 0 Å². The van der Waals surface area contributed by atoms with Crippen LogP contribution < -0.4 is 0 Å². The fourth-order valence-corrected chi connectivity index (χ4v) is 7.64. The summed E-state index contributed by atoms with van der Waals surface area (Å²) in [5, 5.41) is 0. The van der Waals surface area contributed by atoms with Gasteiger partial charge in [0.1, 0.15) is 0 Å². The maximum absolute atomic E-state index is 10.9. The van der Waals surface area contributed by atoms with Crippen LogP contribution in [0, 0.1) is 4.91 Å². The molecule has 82 valence electrons. The average molecular weight is 367 g/mol. The Morgan fingerprint density at radius 3 is 2.00 bits per heavy atom. The van der Waals surface area contributed by atoms with Crippen molar-refractivity contribution in [3.8, 4) is 0 Å². The zero-order chi connectivity index (χ0) is 11.2. The summed E-state index contributed by atoms with van der Waals surface area (Å²) in [5.41, 5.74) is 2.49. The van der Waals surface area contributed by atoms with Crippen LogP contribution in [0.3, 0.4) is 0 Å². The van der Waals surface area contributed by atoms with Gasteiger partial charge in [-0.3, -0.25) is 0 Å². The van der Waals surface area contributed by atoms with E-state index in [1.165, 1.54) is 11.1 Å². The summed E-state index contributed by atoms with van der Waals surface area (Å²) in [6.45, 7) is 10.4. The van der Waals surface area contributed by atoms with E-state index in [2.05, 4.69) is 48.9 Å². The molecular formula is C11H21NOW. The number of allylic oxidation sites excluding steroid dienone is 3. The van der Waals surface area contributed by atoms with Gasteiger partial charge in [-0.05, 0) is 0 Å². The van der Waals surface area contributed by atoms with Gasteiger partial charge >= 0.3 is 90.9 Å². The second-order valence-electron chi connectivity index (χ2n) is 3.64. The van der Waals surface area contributed by atoms with Crippen molar-refractivity contribution in [2.45, 2.75) is 44.2 Å². The van der Waals surface area contributed by atoms with Crippen molar-refractivity contribution >= 4 is 0 Å². The zero-order valence-corrected chi connectivity index (χ0v) is 12.8. The summed E-state index contributed by atoms with van der Waals surface area (Å²) in [6.07, 6.45) is 2.13. The molecule has 0 atom stereocenters. The Bertz CT molecular complexity index is 248. The van der Waals surface area contributed by atoms with E-state index in [9.17, 15) is 4.91 Å². The molecule has 0 aliphatic carbocycles. The van der Waals surface area contributed by atoms with E-state index in [1.54, 1.807) is 0 Å². The van der Waals surface area contributed by atoms with E-state index >= 15 is 0 Å². The molecule has 14 heavy (non-hydrogen) atoms. The molecule has 0 rings (SSSR count). The predicted molar refractivity (Wildman–Crippen MR) is 59.9 cm³/mol. The Labute approximate surface area is 90.9 Å². The van der Waals surface area contributed by atoms with Gasteiger partial charge in [0.25, 0.3) is 0 Å². The third-order valence-corrected chi connectivity index (χ3v) is 13.2. The van der Waals surface area contributed by atoms with Crippen molar-refractivity contribution in [3.05, 3.63) is 26.6 Å². The second kappa shape index (κ2) is 6.29. The minimum absolute atomic E-state index is 0.973. The Kier molecular flexibility index (Phi) is 6.18. The number of nitrogens with zero attached hydrogens (tertiary/aromatic N) is 1. The first-order chi connectivity index (χ1) is 6.49. The minimum atomic E-state index is -2.72. The fraction of sp³-hybridized carbons (Fsp3) is 0.636. The van der Waals surface area contributed by atoms with Crippen molar-refractivity contribution in [2.24, 2.45) is 3.74 Å². The number of hydrogen-bond donors (Lipinski definition) is 0. The standard InChI is InChI=1S/C7H11.2C2H5.NO.W/c1-6(2)5-7(3)4;3*1-2;/h1,5H,2-4H3;2*1H2,2H3;;/q;;;-1;+1. The molecule has 3 heteroatoms. The van der Waals surface area contributed by atoms with E-state index in [1.807, 2.05) is 0 Å². The van der Waals surface area contributed by atoms with Crippen LogP contribution in [0.5, 0.6) is 0 Å². The van der Waals surface area contributed by atoms with Crippen LogP contribution in [0.1, 0.15) is 34.6 Å². The van der Waals surface area contributed by atoms with Gasteiger partial charge in [0.2, 0.25) is 0 Å². The molecule has 0 heterocycles. The van der Waals surface area contributed by atoms with Crippen molar-refractivity contribution in [2.75, 3.05) is 0 Å². The molecule has 0 radical (unpaired) electrons. The quantitative estimate of drug-likeness (QED) is 0.517. The summed E-state index contributed by atoms with van der Waals surface area (Å²) in [7, 11) is 0. The van der Waals surface area contributed by atoms with Crippen LogP contribution >= 0.6 is 0 Å². The van der Waals surface area contributed by atoms with Crippen molar-refractivity contribution < 1.29 is 16.3 Å². The number of nitroso groups, excluding NO2 is 1. The molecule has 0 aliphatic rings. The molecule has 0 bridgehead atoms. The molecular weight excluding hydrogens is 346 g/mol. The molecule has 0 saturated carbocycles. The summed E-state index contributed by atoms with van der Waals surface area (Å²) in [5.74, 6) is 0. The van der Waals surface area contributed by atoms with Crippen molar-refractivity contribution in [3.63, 3.8) is 0 Å². The second-order valence-corrected chi connectivity index (χ2v) is 15.6. The molecule has 0 aromatic rings. The molecule has 0 aromatic carbocycles. The average Bonchev–Trinajstić information content (AvgIpc) is 2.13. The normalized spacial score (nSPS) is 13.6. The Morgan fingerprint density at radius 2 is 1.71 bits per heavy atom. The Morgan fingerprint density at radius 1 is 1.21 bits per heavy atom. The van der Waals surface area contributed by atoms with Crippen molar-refractivity contribution in [1.29, 1.82) is 0 Å². The summed E-state index contributed by atoms with van der Waals surface area (Å²) in [4.78, 5) is 12.8. The molecule has 2 nitrogen and oxygen atoms in total. The van der Waals surface area contributed by atoms with Crippen LogP contribution in [-0.2, 0) is 16.3 Å². The number of hydrogen-bond acceptors (Lipinski definition) is 2. The maximum atomic E-state index is 10.9. The van der Waals surface area contributed by atoms with Gasteiger partial charge in [-0.1, -0.05) is 0 Å². The SMILES string of the molecule is C[CH2][W]([CH]=C(C)C=C(C)C)([CH2]C)[N]=O. The third-order valence-electron chi connectivity index (χ3n) is 2.07. The first-order valence-electron chi connectivity index (χ1n) is 4.96. The molecule has 0 aliphatic heterocycles. The van der Waals surface area contributed by atoms with E-state index < -0.39 is 16.3 Å². The first kappa shape index (κ1) is 13.8. The van der Waals surface area contributed by atoms with Gasteiger partial charge in [0.15, 0.2) is 0 Å². The van der Waals surface area contributed by atoms with E-state index in [0.717, 1.165) is 9.62 Å². The van der Waals surface area contributed by atoms with Crippen LogP contribution in [0.2, 0.25) is 9.62 Å². The topological polar surface area (TPSA) is 29.4 Å².